The molecule has 2 aliphatic rings. The highest BCUT2D eigenvalue weighted by Gasteiger charge is 2.43. The monoisotopic (exact) mass is 450 g/mol. The lowest BCUT2D eigenvalue weighted by molar-refractivity contribution is 0.0667. The molecule has 1 saturated carbocycles. The van der Waals surface area contributed by atoms with E-state index in [1.807, 2.05) is 76.3 Å². The number of amides is 1. The zero-order valence-corrected chi connectivity index (χ0v) is 19.0. The number of hydrogen-bond donors (Lipinski definition) is 1. The van der Waals surface area contributed by atoms with Gasteiger partial charge in [-0.05, 0) is 42.7 Å². The van der Waals surface area contributed by atoms with Crippen LogP contribution in [0.4, 0.5) is 5.69 Å². The van der Waals surface area contributed by atoms with Crippen LogP contribution < -0.4 is 10.1 Å². The molecule has 3 aromatic carbocycles. The molecule has 0 bridgehead atoms. The number of nitrogens with one attached hydrogen (secondary N) is 1. The summed E-state index contributed by atoms with van der Waals surface area (Å²) in [5.74, 6) is 0.831. The molecule has 1 aliphatic carbocycles. The van der Waals surface area contributed by atoms with Crippen LogP contribution in [0.5, 0.6) is 5.75 Å². The molecular weight excluding hydrogens is 424 g/mol. The second-order valence-electron chi connectivity index (χ2n) is 8.85. The molecule has 6 heteroatoms. The van der Waals surface area contributed by atoms with Gasteiger partial charge in [0.25, 0.3) is 5.91 Å². The third-order valence-corrected chi connectivity index (χ3v) is 6.54. The molecule has 0 radical (unpaired) electrons. The van der Waals surface area contributed by atoms with Crippen LogP contribution in [-0.4, -0.2) is 33.7 Å². The summed E-state index contributed by atoms with van der Waals surface area (Å²) >= 11 is 0. The number of carbonyl (C=O) groups is 1. The highest BCUT2D eigenvalue weighted by atomic mass is 16.5. The molecule has 2 heterocycles. The molecule has 1 fully saturated rings. The highest BCUT2D eigenvalue weighted by Crippen LogP contribution is 2.44. The van der Waals surface area contributed by atoms with Gasteiger partial charge in [-0.3, -0.25) is 9.48 Å². The molecule has 0 spiro atoms. The molecule has 6 rings (SSSR count). The molecule has 1 atom stereocenters. The van der Waals surface area contributed by atoms with Gasteiger partial charge in [0.1, 0.15) is 17.6 Å². The largest absolute Gasteiger partial charge is 0.496 e. The molecule has 170 valence electrons. The summed E-state index contributed by atoms with van der Waals surface area (Å²) in [6, 6.07) is 26.2. The van der Waals surface area contributed by atoms with E-state index in [0.717, 1.165) is 46.7 Å². The van der Waals surface area contributed by atoms with Crippen LogP contribution in [-0.2, 0) is 6.54 Å². The van der Waals surface area contributed by atoms with Gasteiger partial charge in [0.15, 0.2) is 0 Å². The van der Waals surface area contributed by atoms with Gasteiger partial charge in [-0.15, -0.1) is 0 Å². The summed E-state index contributed by atoms with van der Waals surface area (Å²) in [6.45, 7) is 0.643. The van der Waals surface area contributed by atoms with E-state index in [1.54, 1.807) is 7.11 Å². The standard InChI is InChI=1S/C28H26N4O2/c1-34-25-14-8-6-12-22(25)26-23(18-31(30-26)17-19-9-3-2-4-10-19)27-29-24-13-7-5-11-21(24)28(33)32(27)20-15-16-20/h2-14,18,20,27,29H,15-17H2,1H3/t27-/m0/s1. The maximum atomic E-state index is 13.6. The van der Waals surface area contributed by atoms with Crippen molar-refractivity contribution >= 4 is 11.6 Å². The average Bonchev–Trinajstić information content (AvgIpc) is 3.63. The van der Waals surface area contributed by atoms with E-state index in [1.165, 1.54) is 5.56 Å². The summed E-state index contributed by atoms with van der Waals surface area (Å²) < 4.78 is 7.65. The molecule has 34 heavy (non-hydrogen) atoms. The predicted molar refractivity (Wildman–Crippen MR) is 132 cm³/mol. The fourth-order valence-electron chi connectivity index (χ4n) is 4.76. The maximum Gasteiger partial charge on any atom is 0.258 e. The van der Waals surface area contributed by atoms with Crippen molar-refractivity contribution in [1.82, 2.24) is 14.7 Å². The summed E-state index contributed by atoms with van der Waals surface area (Å²) in [7, 11) is 1.68. The van der Waals surface area contributed by atoms with E-state index >= 15 is 0 Å². The van der Waals surface area contributed by atoms with Gasteiger partial charge in [-0.1, -0.05) is 54.6 Å². The van der Waals surface area contributed by atoms with Gasteiger partial charge < -0.3 is 15.0 Å². The number of benzene rings is 3. The van der Waals surface area contributed by atoms with Crippen molar-refractivity contribution in [3.8, 4) is 17.0 Å². The first-order valence-corrected chi connectivity index (χ1v) is 11.7. The number of aromatic nitrogens is 2. The Morgan fingerprint density at radius 3 is 2.41 bits per heavy atom. The maximum absolute atomic E-state index is 13.6. The van der Waals surface area contributed by atoms with Crippen molar-refractivity contribution in [1.29, 1.82) is 0 Å². The van der Waals surface area contributed by atoms with Gasteiger partial charge in [0.05, 0.1) is 19.2 Å². The molecular formula is C28H26N4O2. The van der Waals surface area contributed by atoms with Crippen molar-refractivity contribution in [3.63, 3.8) is 0 Å². The molecule has 0 unspecified atom stereocenters. The molecule has 6 nitrogen and oxygen atoms in total. The number of nitrogens with zero attached hydrogens (tertiary/aromatic N) is 3. The predicted octanol–water partition coefficient (Wildman–Crippen LogP) is 5.34. The Morgan fingerprint density at radius 2 is 1.65 bits per heavy atom. The lowest BCUT2D eigenvalue weighted by Crippen LogP contribution is -2.44. The second kappa shape index (κ2) is 8.37. The number of fused-ring (bicyclic) bond motifs is 1. The van der Waals surface area contributed by atoms with Crippen LogP contribution in [0.15, 0.2) is 85.1 Å². The Balaban J connectivity index is 1.49. The fraction of sp³-hybridized carbons (Fsp3) is 0.214. The summed E-state index contributed by atoms with van der Waals surface area (Å²) in [4.78, 5) is 15.6. The van der Waals surface area contributed by atoms with Gasteiger partial charge in [-0.2, -0.15) is 5.10 Å². The number of para-hydroxylation sites is 2. The lowest BCUT2D eigenvalue weighted by Gasteiger charge is -2.38. The molecule has 1 amide bonds. The van der Waals surface area contributed by atoms with Crippen LogP contribution >= 0.6 is 0 Å². The van der Waals surface area contributed by atoms with Crippen LogP contribution in [0.25, 0.3) is 11.3 Å². The third-order valence-electron chi connectivity index (χ3n) is 6.54. The molecule has 0 saturated heterocycles. The summed E-state index contributed by atoms with van der Waals surface area (Å²) in [5.41, 5.74) is 5.45. The van der Waals surface area contributed by atoms with Crippen molar-refractivity contribution in [2.24, 2.45) is 0 Å². The van der Waals surface area contributed by atoms with Crippen molar-refractivity contribution < 1.29 is 9.53 Å². The minimum absolute atomic E-state index is 0.0728. The smallest absolute Gasteiger partial charge is 0.258 e. The molecule has 1 aromatic heterocycles. The Kier molecular flexibility index (Phi) is 5.06. The molecule has 1 N–H and O–H groups in total. The Labute approximate surface area is 198 Å². The number of hydrogen-bond acceptors (Lipinski definition) is 4. The first-order valence-electron chi connectivity index (χ1n) is 11.7. The van der Waals surface area contributed by atoms with Crippen molar-refractivity contribution in [3.05, 3.63) is 102 Å². The van der Waals surface area contributed by atoms with E-state index in [-0.39, 0.29) is 18.1 Å². The van der Waals surface area contributed by atoms with Crippen LogP contribution in [0.2, 0.25) is 0 Å². The zero-order chi connectivity index (χ0) is 23.1. The van der Waals surface area contributed by atoms with E-state index in [4.69, 9.17) is 9.84 Å². The first kappa shape index (κ1) is 20.5. The van der Waals surface area contributed by atoms with Crippen LogP contribution in [0.1, 0.15) is 40.5 Å². The highest BCUT2D eigenvalue weighted by molar-refractivity contribution is 6.02. The summed E-state index contributed by atoms with van der Waals surface area (Å²) in [6.07, 6.45) is 3.81. The fourth-order valence-corrected chi connectivity index (χ4v) is 4.76. The number of carbonyl (C=O) groups excluding carboxylic acids is 1. The number of ether oxygens (including phenoxy) is 1. The minimum atomic E-state index is -0.306. The van der Waals surface area contributed by atoms with Crippen molar-refractivity contribution in [2.45, 2.75) is 31.6 Å². The Bertz CT molecular complexity index is 1340. The first-order chi connectivity index (χ1) is 16.7. The lowest BCUT2D eigenvalue weighted by atomic mass is 10.0. The SMILES string of the molecule is COc1ccccc1-c1nn(Cc2ccccc2)cc1[C@H]1Nc2ccccc2C(=O)N1C1CC1. The normalized spacial score (nSPS) is 17.3. The van der Waals surface area contributed by atoms with E-state index < -0.39 is 0 Å². The Hall–Kier alpha value is -4.06. The van der Waals surface area contributed by atoms with E-state index in [2.05, 4.69) is 23.6 Å². The van der Waals surface area contributed by atoms with Crippen molar-refractivity contribution in [2.75, 3.05) is 12.4 Å². The van der Waals surface area contributed by atoms with Gasteiger partial charge in [0, 0.05) is 29.1 Å². The Morgan fingerprint density at radius 1 is 0.941 bits per heavy atom. The topological polar surface area (TPSA) is 59.4 Å². The average molecular weight is 451 g/mol. The molecule has 1 aliphatic heterocycles. The van der Waals surface area contributed by atoms with E-state index in [0.29, 0.717) is 6.54 Å². The summed E-state index contributed by atoms with van der Waals surface area (Å²) in [5, 5.41) is 8.66. The van der Waals surface area contributed by atoms with Gasteiger partial charge >= 0.3 is 0 Å². The quantitative estimate of drug-likeness (QED) is 0.431. The number of methoxy groups -OCH3 is 1. The van der Waals surface area contributed by atoms with Gasteiger partial charge in [-0.25, -0.2) is 0 Å². The van der Waals surface area contributed by atoms with Crippen LogP contribution in [0.3, 0.4) is 0 Å². The second-order valence-corrected chi connectivity index (χ2v) is 8.85. The van der Waals surface area contributed by atoms with Crippen LogP contribution in [0, 0.1) is 0 Å². The third kappa shape index (κ3) is 3.61. The number of anilines is 1. The van der Waals surface area contributed by atoms with Gasteiger partial charge in [0.2, 0.25) is 0 Å². The van der Waals surface area contributed by atoms with E-state index in [9.17, 15) is 4.79 Å². The zero-order valence-electron chi connectivity index (χ0n) is 19.0. The minimum Gasteiger partial charge on any atom is -0.496 e. The number of rotatable bonds is 6. The molecule has 4 aromatic rings.